The minimum Gasteiger partial charge on any atom is -0.342 e. The van der Waals surface area contributed by atoms with E-state index in [4.69, 9.17) is 5.73 Å². The first-order valence-corrected chi connectivity index (χ1v) is 6.65. The van der Waals surface area contributed by atoms with Gasteiger partial charge >= 0.3 is 0 Å². The number of unbranched alkanes of at least 4 members (excludes halogenated alkanes) is 1. The summed E-state index contributed by atoms with van der Waals surface area (Å²) in [5.41, 5.74) is 8.98. The number of imidazole rings is 1. The van der Waals surface area contributed by atoms with Gasteiger partial charge in [-0.3, -0.25) is 0 Å². The van der Waals surface area contributed by atoms with Gasteiger partial charge in [0.2, 0.25) is 0 Å². The molecular weight excluding hydrogens is 224 g/mol. The molecule has 4 N–H and O–H groups in total. The second-order valence-electron chi connectivity index (χ2n) is 4.67. The lowest BCUT2D eigenvalue weighted by Gasteiger charge is -2.04. The maximum atomic E-state index is 5.45. The van der Waals surface area contributed by atoms with Gasteiger partial charge in [0, 0.05) is 0 Å². The number of aryl methyl sites for hydroxylation is 1. The number of fused-ring (bicyclic) bond motifs is 1. The normalized spacial score (nSPS) is 11.2. The molecule has 1 heterocycles. The molecule has 1 aromatic carbocycles. The van der Waals surface area contributed by atoms with Crippen LogP contribution in [0.4, 0.5) is 0 Å². The molecule has 1 aromatic heterocycles. The Labute approximate surface area is 108 Å². The molecule has 0 saturated heterocycles. The van der Waals surface area contributed by atoms with Crippen LogP contribution in [0, 0.1) is 6.92 Å². The van der Waals surface area contributed by atoms with Crippen LogP contribution in [0.3, 0.4) is 0 Å². The first-order chi connectivity index (χ1) is 8.79. The van der Waals surface area contributed by atoms with Gasteiger partial charge in [0.05, 0.1) is 11.0 Å². The van der Waals surface area contributed by atoms with Crippen molar-refractivity contribution < 1.29 is 0 Å². The lowest BCUT2D eigenvalue weighted by Crippen LogP contribution is -2.19. The van der Waals surface area contributed by atoms with E-state index >= 15 is 0 Å². The molecule has 4 nitrogen and oxygen atoms in total. The summed E-state index contributed by atoms with van der Waals surface area (Å²) in [6.07, 6.45) is 3.32. The smallest absolute Gasteiger partial charge is 0.104 e. The number of hydrogen-bond acceptors (Lipinski definition) is 3. The summed E-state index contributed by atoms with van der Waals surface area (Å²) >= 11 is 0. The third-order valence-electron chi connectivity index (χ3n) is 3.06. The van der Waals surface area contributed by atoms with Crippen molar-refractivity contribution >= 4 is 11.0 Å². The van der Waals surface area contributed by atoms with Gasteiger partial charge in [-0.2, -0.15) is 0 Å². The van der Waals surface area contributed by atoms with E-state index in [9.17, 15) is 0 Å². The molecule has 18 heavy (non-hydrogen) atoms. The van der Waals surface area contributed by atoms with Crippen LogP contribution < -0.4 is 11.1 Å². The lowest BCUT2D eigenvalue weighted by atomic mass is 10.1. The topological polar surface area (TPSA) is 66.7 Å². The van der Waals surface area contributed by atoms with Gasteiger partial charge in [-0.1, -0.05) is 6.07 Å². The van der Waals surface area contributed by atoms with E-state index in [1.54, 1.807) is 0 Å². The largest absolute Gasteiger partial charge is 0.342 e. The summed E-state index contributed by atoms with van der Waals surface area (Å²) in [6, 6.07) is 6.43. The Morgan fingerprint density at radius 2 is 2.17 bits per heavy atom. The molecule has 0 spiro atoms. The van der Waals surface area contributed by atoms with Crippen molar-refractivity contribution in [3.8, 4) is 0 Å². The van der Waals surface area contributed by atoms with Gasteiger partial charge < -0.3 is 16.0 Å². The molecule has 0 fully saturated rings. The first kappa shape index (κ1) is 13.1. The fourth-order valence-corrected chi connectivity index (χ4v) is 2.09. The highest BCUT2D eigenvalue weighted by atomic mass is 14.9. The van der Waals surface area contributed by atoms with Crippen molar-refractivity contribution in [1.29, 1.82) is 0 Å². The minimum atomic E-state index is 0.789. The van der Waals surface area contributed by atoms with Gasteiger partial charge in [-0.05, 0) is 63.5 Å². The van der Waals surface area contributed by atoms with Gasteiger partial charge in [0.25, 0.3) is 0 Å². The van der Waals surface area contributed by atoms with Gasteiger partial charge in [-0.25, -0.2) is 4.98 Å². The van der Waals surface area contributed by atoms with Crippen LogP contribution in [0.25, 0.3) is 11.0 Å². The number of nitrogens with zero attached hydrogens (tertiary/aromatic N) is 1. The predicted octanol–water partition coefficient (Wildman–Crippen LogP) is 1.74. The lowest BCUT2D eigenvalue weighted by molar-refractivity contribution is 0.627. The molecule has 0 atom stereocenters. The van der Waals surface area contributed by atoms with Crippen LogP contribution in [0.1, 0.15) is 24.2 Å². The number of nitrogens with one attached hydrogen (secondary N) is 2. The summed E-state index contributed by atoms with van der Waals surface area (Å²) in [5.74, 6) is 0.974. The maximum Gasteiger partial charge on any atom is 0.104 e. The Morgan fingerprint density at radius 3 is 3.00 bits per heavy atom. The van der Waals surface area contributed by atoms with Crippen LogP contribution in [0.15, 0.2) is 18.2 Å². The fourth-order valence-electron chi connectivity index (χ4n) is 2.09. The third kappa shape index (κ3) is 3.55. The van der Waals surface area contributed by atoms with E-state index in [0.29, 0.717) is 0 Å². The average molecular weight is 246 g/mol. The monoisotopic (exact) mass is 246 g/mol. The number of hydrogen-bond donors (Lipinski definition) is 3. The van der Waals surface area contributed by atoms with E-state index in [1.807, 2.05) is 6.92 Å². The molecule has 4 heteroatoms. The molecule has 0 radical (unpaired) electrons. The Hall–Kier alpha value is -1.39. The number of rotatable bonds is 7. The Morgan fingerprint density at radius 1 is 1.28 bits per heavy atom. The number of aromatic amines is 1. The van der Waals surface area contributed by atoms with Crippen molar-refractivity contribution in [2.75, 3.05) is 19.6 Å². The molecule has 0 saturated carbocycles. The highest BCUT2D eigenvalue weighted by Crippen LogP contribution is 2.13. The van der Waals surface area contributed by atoms with E-state index in [-0.39, 0.29) is 0 Å². The molecule has 98 valence electrons. The van der Waals surface area contributed by atoms with E-state index in [1.165, 1.54) is 5.56 Å². The second-order valence-corrected chi connectivity index (χ2v) is 4.67. The predicted molar refractivity (Wildman–Crippen MR) is 75.7 cm³/mol. The van der Waals surface area contributed by atoms with Crippen LogP contribution in [-0.4, -0.2) is 29.6 Å². The molecule has 2 rings (SSSR count). The minimum absolute atomic E-state index is 0.789. The third-order valence-corrected chi connectivity index (χ3v) is 3.06. The molecule has 0 aliphatic carbocycles. The highest BCUT2D eigenvalue weighted by Gasteiger charge is 2.00. The number of H-pyrrole nitrogens is 1. The summed E-state index contributed by atoms with van der Waals surface area (Å²) < 4.78 is 0. The fraction of sp³-hybridized carbons (Fsp3) is 0.500. The average Bonchev–Trinajstić information content (AvgIpc) is 2.73. The molecule has 2 aromatic rings. The zero-order chi connectivity index (χ0) is 12.8. The van der Waals surface area contributed by atoms with E-state index in [0.717, 1.165) is 55.8 Å². The van der Waals surface area contributed by atoms with E-state index < -0.39 is 0 Å². The van der Waals surface area contributed by atoms with Gasteiger partial charge in [0.15, 0.2) is 0 Å². The Balaban J connectivity index is 1.80. The maximum absolute atomic E-state index is 5.45. The molecule has 0 unspecified atom stereocenters. The van der Waals surface area contributed by atoms with Gasteiger partial charge in [-0.15, -0.1) is 0 Å². The standard InChI is InChI=1S/C14H22N4/c1-11-17-13-5-4-12(10-14(13)18-11)6-9-16-8-3-2-7-15/h4-5,10,16H,2-3,6-9,15H2,1H3,(H,17,18). The van der Waals surface area contributed by atoms with Crippen LogP contribution in [0.2, 0.25) is 0 Å². The molecule has 0 aliphatic rings. The zero-order valence-corrected chi connectivity index (χ0v) is 11.0. The Kier molecular flexibility index (Phi) is 4.73. The van der Waals surface area contributed by atoms with Crippen molar-refractivity contribution in [2.24, 2.45) is 5.73 Å². The van der Waals surface area contributed by atoms with E-state index in [2.05, 4.69) is 33.5 Å². The van der Waals surface area contributed by atoms with Crippen LogP contribution in [0.5, 0.6) is 0 Å². The summed E-state index contributed by atoms with van der Waals surface area (Å²) in [4.78, 5) is 7.67. The Bertz CT molecular complexity index is 489. The number of nitrogens with two attached hydrogens (primary N) is 1. The SMILES string of the molecule is Cc1nc2ccc(CCNCCCCN)cc2[nH]1. The molecule has 0 amide bonds. The summed E-state index contributed by atoms with van der Waals surface area (Å²) in [6.45, 7) is 4.85. The van der Waals surface area contributed by atoms with Crippen LogP contribution >= 0.6 is 0 Å². The van der Waals surface area contributed by atoms with Crippen LogP contribution in [-0.2, 0) is 6.42 Å². The molecule has 0 bridgehead atoms. The first-order valence-electron chi connectivity index (χ1n) is 6.65. The summed E-state index contributed by atoms with van der Waals surface area (Å²) in [5, 5.41) is 3.44. The van der Waals surface area contributed by atoms with Crippen molar-refractivity contribution in [2.45, 2.75) is 26.2 Å². The number of aromatic nitrogens is 2. The van der Waals surface area contributed by atoms with Gasteiger partial charge in [0.1, 0.15) is 5.82 Å². The zero-order valence-electron chi connectivity index (χ0n) is 11.0. The highest BCUT2D eigenvalue weighted by molar-refractivity contribution is 5.75. The van der Waals surface area contributed by atoms with Crippen molar-refractivity contribution in [3.63, 3.8) is 0 Å². The molecule has 0 aliphatic heterocycles. The van der Waals surface area contributed by atoms with Crippen molar-refractivity contribution in [3.05, 3.63) is 29.6 Å². The summed E-state index contributed by atoms with van der Waals surface area (Å²) in [7, 11) is 0. The quantitative estimate of drug-likeness (QED) is 0.652. The second kappa shape index (κ2) is 6.52. The van der Waals surface area contributed by atoms with Crippen molar-refractivity contribution in [1.82, 2.24) is 15.3 Å². The number of benzene rings is 1. The molecular formula is C14H22N4.